The number of rotatable bonds is 5. The van der Waals surface area contributed by atoms with Crippen molar-refractivity contribution in [1.29, 1.82) is 0 Å². The molecular weight excluding hydrogens is 160 g/mol. The number of amides is 1. The first-order valence-corrected chi connectivity index (χ1v) is 4.01. The highest BCUT2D eigenvalue weighted by atomic mass is 16.7. The third kappa shape index (κ3) is 3.66. The Labute approximate surface area is 71.2 Å². The summed E-state index contributed by atoms with van der Waals surface area (Å²) in [5.74, 6) is -0.344. The van der Waals surface area contributed by atoms with Gasteiger partial charge < -0.3 is 20.5 Å². The monoisotopic (exact) mass is 174 g/mol. The highest BCUT2D eigenvalue weighted by Crippen LogP contribution is 2.05. The fourth-order valence-electron chi connectivity index (χ4n) is 1.01. The van der Waals surface area contributed by atoms with Gasteiger partial charge in [-0.05, 0) is 0 Å². The number of hydrogen-bond acceptors (Lipinski definition) is 4. The van der Waals surface area contributed by atoms with Crippen LogP contribution >= 0.6 is 0 Å². The van der Waals surface area contributed by atoms with Crippen molar-refractivity contribution in [2.75, 3.05) is 26.3 Å². The number of nitrogens with one attached hydrogen (secondary N) is 1. The van der Waals surface area contributed by atoms with E-state index in [1.54, 1.807) is 0 Å². The van der Waals surface area contributed by atoms with Crippen LogP contribution in [0.4, 0.5) is 0 Å². The molecule has 3 N–H and O–H groups in total. The molecule has 0 aromatic carbocycles. The maximum Gasteiger partial charge on any atom is 0.231 e. The highest BCUT2D eigenvalue weighted by Gasteiger charge is 2.14. The molecule has 0 saturated carbocycles. The Morgan fingerprint density at radius 2 is 2.17 bits per heavy atom. The molecule has 0 aliphatic carbocycles. The molecule has 0 aromatic heterocycles. The van der Waals surface area contributed by atoms with Gasteiger partial charge in [-0.15, -0.1) is 0 Å². The molecule has 1 amide bonds. The summed E-state index contributed by atoms with van der Waals surface area (Å²) in [5.41, 5.74) is 4.92. The first kappa shape index (κ1) is 9.44. The van der Waals surface area contributed by atoms with Crippen molar-refractivity contribution in [3.8, 4) is 0 Å². The third-order valence-electron chi connectivity index (χ3n) is 1.55. The van der Waals surface area contributed by atoms with E-state index in [1.165, 1.54) is 0 Å². The van der Waals surface area contributed by atoms with Gasteiger partial charge in [-0.25, -0.2) is 0 Å². The Morgan fingerprint density at radius 1 is 1.50 bits per heavy atom. The summed E-state index contributed by atoms with van der Waals surface area (Å²) in [6, 6.07) is 0. The standard InChI is InChI=1S/C7H14N2O3/c8-6(10)5-9-2-1-7-11-3-4-12-7/h7,9H,1-5H2,(H2,8,10). The number of carbonyl (C=O) groups is 1. The van der Waals surface area contributed by atoms with Crippen molar-refractivity contribution in [2.45, 2.75) is 12.7 Å². The van der Waals surface area contributed by atoms with E-state index in [-0.39, 0.29) is 18.7 Å². The molecule has 1 fully saturated rings. The molecule has 5 heteroatoms. The lowest BCUT2D eigenvalue weighted by Gasteiger charge is -2.08. The van der Waals surface area contributed by atoms with E-state index in [2.05, 4.69) is 5.32 Å². The van der Waals surface area contributed by atoms with Crippen LogP contribution in [0.2, 0.25) is 0 Å². The lowest BCUT2D eigenvalue weighted by atomic mass is 10.4. The predicted molar refractivity (Wildman–Crippen MR) is 42.4 cm³/mol. The van der Waals surface area contributed by atoms with Gasteiger partial charge in [0, 0.05) is 13.0 Å². The number of ether oxygens (including phenoxy) is 2. The van der Waals surface area contributed by atoms with Gasteiger partial charge in [-0.3, -0.25) is 4.79 Å². The minimum Gasteiger partial charge on any atom is -0.369 e. The first-order valence-electron chi connectivity index (χ1n) is 4.01. The van der Waals surface area contributed by atoms with Crippen LogP contribution in [0.3, 0.4) is 0 Å². The first-order chi connectivity index (χ1) is 5.79. The van der Waals surface area contributed by atoms with E-state index >= 15 is 0 Å². The third-order valence-corrected chi connectivity index (χ3v) is 1.55. The molecule has 0 bridgehead atoms. The summed E-state index contributed by atoms with van der Waals surface area (Å²) in [7, 11) is 0. The normalized spacial score (nSPS) is 18.3. The second-order valence-electron chi connectivity index (χ2n) is 2.60. The molecule has 0 radical (unpaired) electrons. The lowest BCUT2D eigenvalue weighted by molar-refractivity contribution is -0.117. The van der Waals surface area contributed by atoms with Crippen LogP contribution in [-0.2, 0) is 14.3 Å². The molecule has 0 unspecified atom stereocenters. The van der Waals surface area contributed by atoms with Crippen molar-refractivity contribution in [1.82, 2.24) is 5.32 Å². The molecule has 0 atom stereocenters. The van der Waals surface area contributed by atoms with Gasteiger partial charge >= 0.3 is 0 Å². The Bertz CT molecular complexity index is 146. The summed E-state index contributed by atoms with van der Waals surface area (Å²) in [6.45, 7) is 2.24. The average Bonchev–Trinajstić information content (AvgIpc) is 2.49. The maximum atomic E-state index is 10.3. The van der Waals surface area contributed by atoms with Crippen molar-refractivity contribution in [3.63, 3.8) is 0 Å². The maximum absolute atomic E-state index is 10.3. The second kappa shape index (κ2) is 5.08. The van der Waals surface area contributed by atoms with Gasteiger partial charge in [0.25, 0.3) is 0 Å². The SMILES string of the molecule is NC(=O)CNCCC1OCCO1. The number of carbonyl (C=O) groups excluding carboxylic acids is 1. The Kier molecular flexibility index (Phi) is 3.99. The lowest BCUT2D eigenvalue weighted by Crippen LogP contribution is -2.30. The second-order valence-corrected chi connectivity index (χ2v) is 2.60. The Balaban J connectivity index is 1.91. The summed E-state index contributed by atoms with van der Waals surface area (Å²) < 4.78 is 10.4. The van der Waals surface area contributed by atoms with Crippen LogP contribution in [0.5, 0.6) is 0 Å². The molecule has 1 rings (SSSR count). The smallest absolute Gasteiger partial charge is 0.231 e. The average molecular weight is 174 g/mol. The van der Waals surface area contributed by atoms with E-state index in [1.807, 2.05) is 0 Å². The summed E-state index contributed by atoms with van der Waals surface area (Å²) in [6.07, 6.45) is 0.651. The van der Waals surface area contributed by atoms with Gasteiger partial charge in [-0.1, -0.05) is 0 Å². The van der Waals surface area contributed by atoms with Gasteiger partial charge in [0.15, 0.2) is 6.29 Å². The van der Waals surface area contributed by atoms with Crippen LogP contribution in [0, 0.1) is 0 Å². The van der Waals surface area contributed by atoms with E-state index in [9.17, 15) is 4.79 Å². The molecule has 1 heterocycles. The van der Waals surface area contributed by atoms with Gasteiger partial charge in [0.1, 0.15) is 0 Å². The zero-order valence-corrected chi connectivity index (χ0v) is 6.91. The zero-order chi connectivity index (χ0) is 8.81. The predicted octanol–water partition coefficient (Wildman–Crippen LogP) is -1.18. The molecular formula is C7H14N2O3. The quantitative estimate of drug-likeness (QED) is 0.515. The van der Waals surface area contributed by atoms with Crippen LogP contribution in [0.15, 0.2) is 0 Å². The van der Waals surface area contributed by atoms with Crippen molar-refractivity contribution in [2.24, 2.45) is 5.73 Å². The minimum atomic E-state index is -0.344. The van der Waals surface area contributed by atoms with Gasteiger partial charge in [0.05, 0.1) is 19.8 Å². The molecule has 1 aliphatic rings. The molecule has 1 aliphatic heterocycles. The van der Waals surface area contributed by atoms with Crippen LogP contribution in [-0.4, -0.2) is 38.5 Å². The fraction of sp³-hybridized carbons (Fsp3) is 0.857. The van der Waals surface area contributed by atoms with Crippen LogP contribution < -0.4 is 11.1 Å². The molecule has 12 heavy (non-hydrogen) atoms. The highest BCUT2D eigenvalue weighted by molar-refractivity contribution is 5.75. The Hall–Kier alpha value is -0.650. The summed E-state index contributed by atoms with van der Waals surface area (Å²) >= 11 is 0. The molecule has 0 spiro atoms. The summed E-state index contributed by atoms with van der Waals surface area (Å²) in [4.78, 5) is 10.3. The fourth-order valence-corrected chi connectivity index (χ4v) is 1.01. The molecule has 70 valence electrons. The number of hydrogen-bond donors (Lipinski definition) is 2. The topological polar surface area (TPSA) is 73.6 Å². The van der Waals surface area contributed by atoms with E-state index < -0.39 is 0 Å². The van der Waals surface area contributed by atoms with Crippen LogP contribution in [0.1, 0.15) is 6.42 Å². The van der Waals surface area contributed by atoms with Crippen molar-refractivity contribution < 1.29 is 14.3 Å². The largest absolute Gasteiger partial charge is 0.369 e. The zero-order valence-electron chi connectivity index (χ0n) is 6.91. The van der Waals surface area contributed by atoms with Crippen molar-refractivity contribution >= 4 is 5.91 Å². The number of primary amides is 1. The minimum absolute atomic E-state index is 0.106. The van der Waals surface area contributed by atoms with E-state index in [0.29, 0.717) is 19.8 Å². The van der Waals surface area contributed by atoms with Crippen LogP contribution in [0.25, 0.3) is 0 Å². The molecule has 0 aromatic rings. The molecule has 5 nitrogen and oxygen atoms in total. The molecule has 1 saturated heterocycles. The van der Waals surface area contributed by atoms with Gasteiger partial charge in [0.2, 0.25) is 5.91 Å². The Morgan fingerprint density at radius 3 is 2.75 bits per heavy atom. The van der Waals surface area contributed by atoms with Gasteiger partial charge in [-0.2, -0.15) is 0 Å². The van der Waals surface area contributed by atoms with E-state index in [4.69, 9.17) is 15.2 Å². The summed E-state index contributed by atoms with van der Waals surface area (Å²) in [5, 5.41) is 2.88. The number of nitrogens with two attached hydrogens (primary N) is 1. The van der Waals surface area contributed by atoms with E-state index in [0.717, 1.165) is 6.42 Å². The van der Waals surface area contributed by atoms with Crippen molar-refractivity contribution in [3.05, 3.63) is 0 Å².